The van der Waals surface area contributed by atoms with Crippen molar-refractivity contribution in [3.05, 3.63) is 6.07 Å². The van der Waals surface area contributed by atoms with Crippen molar-refractivity contribution in [2.45, 2.75) is 83.7 Å². The Morgan fingerprint density at radius 3 is 2.48 bits per heavy atom. The predicted octanol–water partition coefficient (Wildman–Crippen LogP) is 4.32. The van der Waals surface area contributed by atoms with Gasteiger partial charge in [-0.2, -0.15) is 9.97 Å². The highest BCUT2D eigenvalue weighted by Gasteiger charge is 2.24. The van der Waals surface area contributed by atoms with E-state index in [4.69, 9.17) is 22.2 Å². The molecule has 7 heteroatoms. The van der Waals surface area contributed by atoms with Gasteiger partial charge in [-0.15, -0.1) is 0 Å². The van der Waals surface area contributed by atoms with Crippen LogP contribution in [0.5, 0.6) is 0 Å². The summed E-state index contributed by atoms with van der Waals surface area (Å²) in [6.45, 7) is 7.85. The molecule has 2 atom stereocenters. The van der Waals surface area contributed by atoms with Crippen molar-refractivity contribution >= 4 is 34.9 Å². The lowest BCUT2D eigenvalue weighted by atomic mass is 10.0. The average Bonchev–Trinajstić information content (AvgIpc) is 3.21. The smallest absolute Gasteiger partial charge is 0.232 e. The Kier molecular flexibility index (Phi) is 6.73. The monoisotopic (exact) mass is 416 g/mol. The molecule has 0 unspecified atom stereocenters. The Labute approximate surface area is 180 Å². The second kappa shape index (κ2) is 9.45. The fourth-order valence-electron chi connectivity index (χ4n) is 5.02. The molecule has 2 aliphatic heterocycles. The molecule has 2 N–H and O–H groups in total. The van der Waals surface area contributed by atoms with Crippen molar-refractivity contribution in [3.63, 3.8) is 0 Å². The van der Waals surface area contributed by atoms with Crippen molar-refractivity contribution in [2.24, 2.45) is 5.92 Å². The Morgan fingerprint density at radius 1 is 0.966 bits per heavy atom. The largest absolute Gasteiger partial charge is 0.360 e. The van der Waals surface area contributed by atoms with Gasteiger partial charge in [0.2, 0.25) is 5.95 Å². The minimum absolute atomic E-state index is 0.489. The number of piperidine rings is 2. The van der Waals surface area contributed by atoms with Gasteiger partial charge in [-0.25, -0.2) is 0 Å². The third-order valence-electron chi connectivity index (χ3n) is 6.69. The molecule has 1 aromatic heterocycles. The molecule has 0 aromatic carbocycles. The first kappa shape index (κ1) is 20.6. The predicted molar refractivity (Wildman–Crippen MR) is 125 cm³/mol. The maximum atomic E-state index is 5.58. The van der Waals surface area contributed by atoms with Gasteiger partial charge in [0.05, 0.1) is 0 Å². The summed E-state index contributed by atoms with van der Waals surface area (Å²) in [5.41, 5.74) is 0. The molecule has 3 heterocycles. The topological polar surface area (TPSA) is 56.3 Å². The number of hydrogen-bond donors (Lipinski definition) is 2. The van der Waals surface area contributed by atoms with Crippen molar-refractivity contribution in [1.29, 1.82) is 0 Å². The summed E-state index contributed by atoms with van der Waals surface area (Å²) in [5, 5.41) is 7.40. The van der Waals surface area contributed by atoms with Crippen molar-refractivity contribution < 1.29 is 0 Å². The minimum Gasteiger partial charge on any atom is -0.360 e. The molecule has 1 aromatic rings. The summed E-state index contributed by atoms with van der Waals surface area (Å²) >= 11 is 5.58. The zero-order valence-corrected chi connectivity index (χ0v) is 18.8. The highest BCUT2D eigenvalue weighted by molar-refractivity contribution is 7.80. The second-order valence-corrected chi connectivity index (χ2v) is 9.63. The molecule has 29 heavy (non-hydrogen) atoms. The maximum Gasteiger partial charge on any atom is 0.232 e. The van der Waals surface area contributed by atoms with Gasteiger partial charge in [0.1, 0.15) is 11.6 Å². The van der Waals surface area contributed by atoms with Gasteiger partial charge >= 0.3 is 0 Å². The van der Waals surface area contributed by atoms with E-state index >= 15 is 0 Å². The average molecular weight is 417 g/mol. The van der Waals surface area contributed by atoms with E-state index in [1.807, 2.05) is 0 Å². The molecule has 4 rings (SSSR count). The number of nitrogens with zero attached hydrogens (tertiary/aromatic N) is 4. The Morgan fingerprint density at radius 2 is 1.72 bits per heavy atom. The molecule has 3 aliphatic rings. The van der Waals surface area contributed by atoms with Crippen LogP contribution >= 0.6 is 12.2 Å². The lowest BCUT2D eigenvalue weighted by Gasteiger charge is -2.36. The summed E-state index contributed by atoms with van der Waals surface area (Å²) in [4.78, 5) is 14.6. The normalized spacial score (nSPS) is 25.9. The fraction of sp³-hybridized carbons (Fsp3) is 0.773. The Bertz CT molecular complexity index is 705. The van der Waals surface area contributed by atoms with Gasteiger partial charge in [-0.1, -0.05) is 19.8 Å². The molecule has 160 valence electrons. The van der Waals surface area contributed by atoms with Crippen LogP contribution < -0.4 is 20.4 Å². The van der Waals surface area contributed by atoms with E-state index in [1.165, 1.54) is 57.8 Å². The summed E-state index contributed by atoms with van der Waals surface area (Å²) in [5.74, 6) is 3.40. The van der Waals surface area contributed by atoms with Crippen LogP contribution in [0.4, 0.5) is 17.6 Å². The third kappa shape index (κ3) is 5.30. The molecular weight excluding hydrogens is 380 g/mol. The maximum absolute atomic E-state index is 5.58. The van der Waals surface area contributed by atoms with Gasteiger partial charge in [-0.05, 0) is 70.0 Å². The molecule has 1 saturated carbocycles. The highest BCUT2D eigenvalue weighted by Crippen LogP contribution is 2.29. The van der Waals surface area contributed by atoms with Crippen LogP contribution in [0.15, 0.2) is 6.07 Å². The van der Waals surface area contributed by atoms with E-state index in [9.17, 15) is 0 Å². The van der Waals surface area contributed by atoms with Crippen molar-refractivity contribution in [3.8, 4) is 0 Å². The summed E-state index contributed by atoms with van der Waals surface area (Å²) in [7, 11) is 0. The number of aromatic nitrogens is 2. The first-order valence-electron chi connectivity index (χ1n) is 11.6. The molecule has 0 spiro atoms. The lowest BCUT2D eigenvalue weighted by molar-refractivity contribution is 0.444. The second-order valence-electron chi connectivity index (χ2n) is 9.22. The van der Waals surface area contributed by atoms with Gasteiger partial charge in [0.25, 0.3) is 0 Å². The minimum atomic E-state index is 0.489. The molecule has 6 nitrogen and oxygen atoms in total. The number of rotatable bonds is 4. The van der Waals surface area contributed by atoms with Crippen LogP contribution in [0.1, 0.15) is 71.6 Å². The summed E-state index contributed by atoms with van der Waals surface area (Å²) in [6.07, 6.45) is 11.3. The van der Waals surface area contributed by atoms with Crippen LogP contribution in [0.25, 0.3) is 0 Å². The van der Waals surface area contributed by atoms with Crippen LogP contribution in [0.2, 0.25) is 0 Å². The summed E-state index contributed by atoms with van der Waals surface area (Å²) in [6, 6.07) is 3.20. The molecule has 0 amide bonds. The number of thiocarbonyl (C=S) groups is 1. The Hall–Kier alpha value is -1.63. The van der Waals surface area contributed by atoms with E-state index in [0.29, 0.717) is 29.1 Å². The first-order chi connectivity index (χ1) is 14.1. The number of hydrogen-bond acceptors (Lipinski definition) is 5. The van der Waals surface area contributed by atoms with E-state index in [2.05, 4.69) is 40.3 Å². The van der Waals surface area contributed by atoms with Crippen LogP contribution in [-0.2, 0) is 0 Å². The van der Waals surface area contributed by atoms with Gasteiger partial charge in [0.15, 0.2) is 5.11 Å². The van der Waals surface area contributed by atoms with Crippen LogP contribution in [0, 0.1) is 5.92 Å². The first-order valence-corrected chi connectivity index (χ1v) is 12.0. The molecule has 0 bridgehead atoms. The quantitative estimate of drug-likeness (QED) is 0.709. The van der Waals surface area contributed by atoms with Crippen LogP contribution in [0.3, 0.4) is 0 Å². The standard InChI is InChI=1S/C22H36N6S/c1-16-8-7-12-27(15-16)19-14-20(28-13-6-5-9-17(28)2)25-21(24-19)26-22(29)23-18-10-3-4-11-18/h14,16-18H,3-13,15H2,1-2H3,(H2,23,24,25,26,29)/t16-,17-/m0/s1. The van der Waals surface area contributed by atoms with Gasteiger partial charge < -0.3 is 20.4 Å². The zero-order valence-electron chi connectivity index (χ0n) is 18.0. The Balaban J connectivity index is 1.55. The summed E-state index contributed by atoms with van der Waals surface area (Å²) < 4.78 is 0. The van der Waals surface area contributed by atoms with E-state index in [-0.39, 0.29) is 0 Å². The lowest BCUT2D eigenvalue weighted by Crippen LogP contribution is -2.40. The van der Waals surface area contributed by atoms with Crippen molar-refractivity contribution in [2.75, 3.05) is 34.8 Å². The van der Waals surface area contributed by atoms with Crippen molar-refractivity contribution in [1.82, 2.24) is 15.3 Å². The number of anilines is 3. The van der Waals surface area contributed by atoms with E-state index < -0.39 is 0 Å². The third-order valence-corrected chi connectivity index (χ3v) is 6.91. The molecule has 2 saturated heterocycles. The molecule has 3 fully saturated rings. The fourth-order valence-corrected chi connectivity index (χ4v) is 5.27. The molecular formula is C22H36N6S. The van der Waals surface area contributed by atoms with Gasteiger partial charge in [-0.3, -0.25) is 0 Å². The molecule has 1 aliphatic carbocycles. The van der Waals surface area contributed by atoms with E-state index in [0.717, 1.165) is 31.3 Å². The highest BCUT2D eigenvalue weighted by atomic mass is 32.1. The SMILES string of the molecule is C[C@H]1CCCN(c2cc(N3CCCC[C@@H]3C)nc(NC(=S)NC3CCCC3)n2)C1. The zero-order chi connectivity index (χ0) is 20.2. The van der Waals surface area contributed by atoms with Crippen LogP contribution in [-0.4, -0.2) is 46.8 Å². The van der Waals surface area contributed by atoms with Gasteiger partial charge in [0, 0.05) is 37.8 Å². The van der Waals surface area contributed by atoms with E-state index in [1.54, 1.807) is 0 Å². The number of nitrogens with one attached hydrogen (secondary N) is 2. The molecule has 0 radical (unpaired) electrons.